The molecule has 3 rings (SSSR count). The largest absolute Gasteiger partial charge is 0.496 e. The second kappa shape index (κ2) is 8.73. The van der Waals surface area contributed by atoms with Gasteiger partial charge >= 0.3 is 0 Å². The Hall–Kier alpha value is -2.80. The van der Waals surface area contributed by atoms with Crippen molar-refractivity contribution in [2.24, 2.45) is 0 Å². The molecule has 27 heavy (non-hydrogen) atoms. The Bertz CT molecular complexity index is 912. The first-order valence-electron chi connectivity index (χ1n) is 8.60. The zero-order valence-corrected chi connectivity index (χ0v) is 16.3. The second-order valence-electron chi connectivity index (χ2n) is 6.18. The number of hydrogen-bond donors (Lipinski definition) is 2. The highest BCUT2D eigenvalue weighted by molar-refractivity contribution is 7.98. The average Bonchev–Trinajstić information content (AvgIpc) is 3.20. The molecule has 1 aromatic heterocycles. The molecule has 0 spiro atoms. The van der Waals surface area contributed by atoms with Gasteiger partial charge in [-0.05, 0) is 31.5 Å². The molecule has 1 amide bonds. The van der Waals surface area contributed by atoms with Crippen molar-refractivity contribution in [3.05, 3.63) is 71.0 Å². The van der Waals surface area contributed by atoms with Crippen LogP contribution in [0.5, 0.6) is 5.75 Å². The van der Waals surface area contributed by atoms with Gasteiger partial charge in [0.15, 0.2) is 5.16 Å². The molecular formula is C20H22N4O2S. The summed E-state index contributed by atoms with van der Waals surface area (Å²) in [6.07, 6.45) is 1.47. The van der Waals surface area contributed by atoms with Crippen molar-refractivity contribution >= 4 is 17.7 Å². The monoisotopic (exact) mass is 382 g/mol. The highest BCUT2D eigenvalue weighted by Gasteiger charge is 2.17. The Labute approximate surface area is 162 Å². The highest BCUT2D eigenvalue weighted by atomic mass is 32.2. The van der Waals surface area contributed by atoms with Crippen LogP contribution in [0.1, 0.15) is 40.0 Å². The third kappa shape index (κ3) is 4.68. The van der Waals surface area contributed by atoms with Gasteiger partial charge in [-0.1, -0.05) is 47.7 Å². The summed E-state index contributed by atoms with van der Waals surface area (Å²) < 4.78 is 5.44. The van der Waals surface area contributed by atoms with Crippen molar-refractivity contribution in [1.29, 1.82) is 0 Å². The number of carbonyl (C=O) groups is 1. The topological polar surface area (TPSA) is 79.9 Å². The molecule has 0 radical (unpaired) electrons. The Morgan fingerprint density at radius 2 is 2.11 bits per heavy atom. The number of amides is 1. The number of nitrogens with one attached hydrogen (secondary N) is 2. The molecule has 2 aromatic carbocycles. The molecule has 140 valence electrons. The standard InChI is InChI=1S/C20H22N4O2S/c1-13-8-9-18(26-3)17(10-13)14(2)23-19(25)16-7-5-4-6-15(16)11-27-20-21-12-22-24-20/h4-10,12,14H,11H2,1-3H3,(H,23,25)(H,21,22,24). The number of H-pyrrole nitrogens is 1. The van der Waals surface area contributed by atoms with Gasteiger partial charge in [-0.3, -0.25) is 9.89 Å². The van der Waals surface area contributed by atoms with Crippen LogP contribution in [-0.4, -0.2) is 28.2 Å². The number of rotatable bonds is 7. The summed E-state index contributed by atoms with van der Waals surface area (Å²) in [6, 6.07) is 13.4. The molecule has 0 aliphatic rings. The van der Waals surface area contributed by atoms with E-state index in [9.17, 15) is 4.79 Å². The molecule has 0 aliphatic carbocycles. The molecule has 3 aromatic rings. The van der Waals surface area contributed by atoms with Gasteiger partial charge in [0.2, 0.25) is 0 Å². The summed E-state index contributed by atoms with van der Waals surface area (Å²) in [4.78, 5) is 17.0. The Morgan fingerprint density at radius 3 is 2.85 bits per heavy atom. The minimum absolute atomic E-state index is 0.111. The molecule has 2 N–H and O–H groups in total. The molecule has 1 atom stereocenters. The molecule has 0 saturated heterocycles. The van der Waals surface area contributed by atoms with Crippen LogP contribution in [0.4, 0.5) is 0 Å². The van der Waals surface area contributed by atoms with Gasteiger partial charge in [-0.15, -0.1) is 0 Å². The number of ether oxygens (including phenoxy) is 1. The van der Waals surface area contributed by atoms with Crippen molar-refractivity contribution in [3.8, 4) is 5.75 Å². The molecule has 6 nitrogen and oxygen atoms in total. The van der Waals surface area contributed by atoms with Crippen LogP contribution in [0.2, 0.25) is 0 Å². The zero-order valence-electron chi connectivity index (χ0n) is 15.5. The van der Waals surface area contributed by atoms with E-state index in [0.717, 1.165) is 27.6 Å². The third-order valence-corrected chi connectivity index (χ3v) is 5.14. The van der Waals surface area contributed by atoms with Gasteiger partial charge in [0, 0.05) is 16.9 Å². The van der Waals surface area contributed by atoms with Crippen LogP contribution in [0.3, 0.4) is 0 Å². The molecule has 0 bridgehead atoms. The van der Waals surface area contributed by atoms with Gasteiger partial charge in [-0.25, -0.2) is 4.98 Å². The Balaban J connectivity index is 1.75. The highest BCUT2D eigenvalue weighted by Crippen LogP contribution is 2.27. The van der Waals surface area contributed by atoms with E-state index in [4.69, 9.17) is 4.74 Å². The fourth-order valence-corrected chi connectivity index (χ4v) is 3.60. The number of hydrogen-bond acceptors (Lipinski definition) is 5. The predicted molar refractivity (Wildman–Crippen MR) is 106 cm³/mol. The lowest BCUT2D eigenvalue weighted by atomic mass is 10.0. The number of aromatic nitrogens is 3. The van der Waals surface area contributed by atoms with Crippen molar-refractivity contribution < 1.29 is 9.53 Å². The van der Waals surface area contributed by atoms with Crippen LogP contribution in [-0.2, 0) is 5.75 Å². The second-order valence-corrected chi connectivity index (χ2v) is 7.14. The maximum Gasteiger partial charge on any atom is 0.252 e. The smallest absolute Gasteiger partial charge is 0.252 e. The normalized spacial score (nSPS) is 11.8. The molecule has 0 fully saturated rings. The Kier molecular flexibility index (Phi) is 6.13. The number of thioether (sulfide) groups is 1. The van der Waals surface area contributed by atoms with Crippen molar-refractivity contribution in [1.82, 2.24) is 20.5 Å². The van der Waals surface area contributed by atoms with E-state index in [1.807, 2.05) is 56.3 Å². The van der Waals surface area contributed by atoms with E-state index in [0.29, 0.717) is 11.3 Å². The summed E-state index contributed by atoms with van der Waals surface area (Å²) in [5.41, 5.74) is 3.68. The fourth-order valence-electron chi connectivity index (χ4n) is 2.82. The number of aromatic amines is 1. The van der Waals surface area contributed by atoms with Crippen molar-refractivity contribution in [3.63, 3.8) is 0 Å². The van der Waals surface area contributed by atoms with E-state index in [-0.39, 0.29) is 11.9 Å². The maximum atomic E-state index is 12.9. The lowest BCUT2D eigenvalue weighted by Gasteiger charge is -2.19. The molecule has 0 saturated carbocycles. The van der Waals surface area contributed by atoms with Gasteiger partial charge in [0.25, 0.3) is 5.91 Å². The number of methoxy groups -OCH3 is 1. The van der Waals surface area contributed by atoms with Crippen molar-refractivity contribution in [2.45, 2.75) is 30.8 Å². The van der Waals surface area contributed by atoms with Crippen molar-refractivity contribution in [2.75, 3.05) is 7.11 Å². The lowest BCUT2D eigenvalue weighted by Crippen LogP contribution is -2.27. The van der Waals surface area contributed by atoms with Crippen LogP contribution in [0, 0.1) is 6.92 Å². The van der Waals surface area contributed by atoms with E-state index >= 15 is 0 Å². The van der Waals surface area contributed by atoms with E-state index in [2.05, 4.69) is 20.5 Å². The molecule has 1 heterocycles. The van der Waals surface area contributed by atoms with E-state index in [1.54, 1.807) is 7.11 Å². The summed E-state index contributed by atoms with van der Waals surface area (Å²) in [7, 11) is 1.64. The number of nitrogens with zero attached hydrogens (tertiary/aromatic N) is 2. The number of benzene rings is 2. The molecule has 7 heteroatoms. The van der Waals surface area contributed by atoms with Crippen LogP contribution in [0.25, 0.3) is 0 Å². The zero-order chi connectivity index (χ0) is 19.2. The summed E-state index contributed by atoms with van der Waals surface area (Å²) in [5.74, 6) is 1.28. The molecular weight excluding hydrogens is 360 g/mol. The third-order valence-electron chi connectivity index (χ3n) is 4.22. The predicted octanol–water partition coefficient (Wildman–Crippen LogP) is 3.91. The van der Waals surface area contributed by atoms with E-state index < -0.39 is 0 Å². The minimum Gasteiger partial charge on any atom is -0.496 e. The first kappa shape index (κ1) is 19.0. The van der Waals surface area contributed by atoms with Gasteiger partial charge < -0.3 is 10.1 Å². The molecule has 0 aliphatic heterocycles. The van der Waals surface area contributed by atoms with Crippen LogP contribution in [0.15, 0.2) is 53.9 Å². The first-order chi connectivity index (χ1) is 13.1. The summed E-state index contributed by atoms with van der Waals surface area (Å²) in [5, 5.41) is 10.5. The maximum absolute atomic E-state index is 12.9. The van der Waals surface area contributed by atoms with Gasteiger partial charge in [0.1, 0.15) is 12.1 Å². The average molecular weight is 382 g/mol. The quantitative estimate of drug-likeness (QED) is 0.606. The summed E-state index contributed by atoms with van der Waals surface area (Å²) >= 11 is 1.51. The Morgan fingerprint density at radius 1 is 1.30 bits per heavy atom. The number of aryl methyl sites for hydroxylation is 1. The molecule has 1 unspecified atom stereocenters. The first-order valence-corrected chi connectivity index (χ1v) is 9.58. The summed E-state index contributed by atoms with van der Waals surface area (Å²) in [6.45, 7) is 3.98. The lowest BCUT2D eigenvalue weighted by molar-refractivity contribution is 0.0939. The van der Waals surface area contributed by atoms with Gasteiger partial charge in [0.05, 0.1) is 13.2 Å². The SMILES string of the molecule is COc1ccc(C)cc1C(C)NC(=O)c1ccccc1CSc1ncn[nH]1. The van der Waals surface area contributed by atoms with Gasteiger partial charge in [-0.2, -0.15) is 5.10 Å². The number of carbonyl (C=O) groups excluding carboxylic acids is 1. The van der Waals surface area contributed by atoms with E-state index in [1.165, 1.54) is 18.1 Å². The van der Waals surface area contributed by atoms with Crippen LogP contribution >= 0.6 is 11.8 Å². The minimum atomic E-state index is -0.178. The van der Waals surface area contributed by atoms with Crippen LogP contribution < -0.4 is 10.1 Å². The fraction of sp³-hybridized carbons (Fsp3) is 0.250.